The molecule has 1 heterocycles. The molecule has 0 saturated heterocycles. The van der Waals surface area contributed by atoms with E-state index in [1.54, 1.807) is 0 Å². The fourth-order valence-electron chi connectivity index (χ4n) is 1.04. The summed E-state index contributed by atoms with van der Waals surface area (Å²) < 4.78 is 5.44. The minimum Gasteiger partial charge on any atom is -0.379 e. The second-order valence-corrected chi connectivity index (χ2v) is 10.3. The highest BCUT2D eigenvalue weighted by atomic mass is 28.3. The van der Waals surface area contributed by atoms with Gasteiger partial charge in [-0.05, 0) is 6.04 Å². The lowest BCUT2D eigenvalue weighted by Gasteiger charge is -2.16. The summed E-state index contributed by atoms with van der Waals surface area (Å²) in [6.45, 7) is 8.10. The van der Waals surface area contributed by atoms with Crippen molar-refractivity contribution in [1.82, 2.24) is 5.43 Å². The third kappa shape index (κ3) is 4.02. The van der Waals surface area contributed by atoms with Gasteiger partial charge in [0.2, 0.25) is 5.78 Å². The summed E-state index contributed by atoms with van der Waals surface area (Å²) in [5, 5.41) is 3.68. The van der Waals surface area contributed by atoms with Crippen molar-refractivity contribution in [2.24, 2.45) is 5.10 Å². The molecule has 0 aromatic heterocycles. The molecule has 0 fully saturated rings. The van der Waals surface area contributed by atoms with Crippen molar-refractivity contribution < 1.29 is 9.53 Å². The lowest BCUT2D eigenvalue weighted by Crippen LogP contribution is -2.33. The molecule has 1 aliphatic heterocycles. The van der Waals surface area contributed by atoms with Gasteiger partial charge < -0.3 is 4.74 Å². The van der Waals surface area contributed by atoms with Crippen LogP contribution in [0.3, 0.4) is 0 Å². The number of nitrogens with zero attached hydrogens (tertiary/aromatic N) is 1. The van der Waals surface area contributed by atoms with Crippen molar-refractivity contribution >= 4 is 20.1 Å². The number of carbonyl (C=O) groups is 1. The van der Waals surface area contributed by atoms with Crippen LogP contribution in [0.2, 0.25) is 25.7 Å². The standard InChI is InChI=1S/C9H18N2O2Si/c1-14(2,3)5-4-13-7-8-9(12)6-10-11-8/h6,8,11H,4-5,7H2,1-3H3. The predicted octanol–water partition coefficient (Wildman–Crippen LogP) is 0.868. The highest BCUT2D eigenvalue weighted by Crippen LogP contribution is 2.07. The SMILES string of the molecule is C[Si](C)(C)CCOCC1NN=CC1=O. The van der Waals surface area contributed by atoms with Gasteiger partial charge in [0.15, 0.2) is 0 Å². The maximum atomic E-state index is 11.1. The first kappa shape index (κ1) is 11.4. The molecule has 0 saturated carbocycles. The summed E-state index contributed by atoms with van der Waals surface area (Å²) in [5.74, 6) is 0.0120. The van der Waals surface area contributed by atoms with Crippen LogP contribution < -0.4 is 5.43 Å². The van der Waals surface area contributed by atoms with Crippen molar-refractivity contribution in [3.63, 3.8) is 0 Å². The Morgan fingerprint density at radius 3 is 2.79 bits per heavy atom. The van der Waals surface area contributed by atoms with E-state index in [-0.39, 0.29) is 11.8 Å². The molecule has 0 radical (unpaired) electrons. The molecule has 1 N–H and O–H groups in total. The summed E-state index contributed by atoms with van der Waals surface area (Å²) in [6, 6.07) is 0.881. The number of hydrogen-bond acceptors (Lipinski definition) is 4. The van der Waals surface area contributed by atoms with Gasteiger partial charge in [0, 0.05) is 14.7 Å². The van der Waals surface area contributed by atoms with Crippen LogP contribution in [0.4, 0.5) is 0 Å². The normalized spacial score (nSPS) is 21.4. The first-order valence-electron chi connectivity index (χ1n) is 4.89. The van der Waals surface area contributed by atoms with Gasteiger partial charge in [0.1, 0.15) is 6.04 Å². The van der Waals surface area contributed by atoms with Crippen LogP contribution in [0, 0.1) is 0 Å². The maximum Gasteiger partial charge on any atom is 0.201 e. The molecule has 5 heteroatoms. The quantitative estimate of drug-likeness (QED) is 0.546. The first-order chi connectivity index (χ1) is 6.49. The minimum absolute atomic E-state index is 0.0120. The third-order valence-corrected chi connectivity index (χ3v) is 3.75. The number of hydrogen-bond donors (Lipinski definition) is 1. The smallest absolute Gasteiger partial charge is 0.201 e. The summed E-state index contributed by atoms with van der Waals surface area (Å²) >= 11 is 0. The van der Waals surface area contributed by atoms with E-state index >= 15 is 0 Å². The lowest BCUT2D eigenvalue weighted by molar-refractivity contribution is -0.114. The van der Waals surface area contributed by atoms with E-state index in [4.69, 9.17) is 4.74 Å². The Hall–Kier alpha value is -0.683. The number of ketones is 1. The maximum absolute atomic E-state index is 11.1. The summed E-state index contributed by atoms with van der Waals surface area (Å²) in [4.78, 5) is 11.1. The van der Waals surface area contributed by atoms with Gasteiger partial charge in [-0.3, -0.25) is 10.2 Å². The van der Waals surface area contributed by atoms with Crippen molar-refractivity contribution in [3.8, 4) is 0 Å². The Labute approximate surface area is 85.7 Å². The van der Waals surface area contributed by atoms with E-state index in [9.17, 15) is 4.79 Å². The molecule has 0 aromatic rings. The van der Waals surface area contributed by atoms with Gasteiger partial charge in [-0.25, -0.2) is 0 Å². The number of rotatable bonds is 5. The molecule has 0 aromatic carbocycles. The Morgan fingerprint density at radius 1 is 1.57 bits per heavy atom. The van der Waals surface area contributed by atoms with E-state index in [2.05, 4.69) is 30.2 Å². The molecule has 0 bridgehead atoms. The largest absolute Gasteiger partial charge is 0.379 e. The van der Waals surface area contributed by atoms with Crippen molar-refractivity contribution in [3.05, 3.63) is 0 Å². The zero-order chi connectivity index (χ0) is 10.6. The number of nitrogens with one attached hydrogen (secondary N) is 1. The second-order valence-electron chi connectivity index (χ2n) is 4.73. The van der Waals surface area contributed by atoms with Crippen molar-refractivity contribution in [2.45, 2.75) is 31.7 Å². The molecule has 4 nitrogen and oxygen atoms in total. The van der Waals surface area contributed by atoms with Crippen LogP contribution in [0.25, 0.3) is 0 Å². The molecule has 1 aliphatic rings. The van der Waals surface area contributed by atoms with E-state index in [1.807, 2.05) is 0 Å². The predicted molar refractivity (Wildman–Crippen MR) is 59.4 cm³/mol. The lowest BCUT2D eigenvalue weighted by atomic mass is 10.2. The Kier molecular flexibility index (Phi) is 3.83. The third-order valence-electron chi connectivity index (χ3n) is 2.05. The van der Waals surface area contributed by atoms with Gasteiger partial charge in [0.05, 0.1) is 12.8 Å². The highest BCUT2D eigenvalue weighted by Gasteiger charge is 2.20. The summed E-state index contributed by atoms with van der Waals surface area (Å²) in [5.41, 5.74) is 2.71. The monoisotopic (exact) mass is 214 g/mol. The summed E-state index contributed by atoms with van der Waals surface area (Å²) in [6.07, 6.45) is 1.31. The summed E-state index contributed by atoms with van der Waals surface area (Å²) in [7, 11) is -1.01. The van der Waals surface area contributed by atoms with Crippen LogP contribution in [-0.4, -0.2) is 39.3 Å². The zero-order valence-corrected chi connectivity index (χ0v) is 10.0. The molecule has 1 unspecified atom stereocenters. The van der Waals surface area contributed by atoms with Crippen LogP contribution in [0.5, 0.6) is 0 Å². The number of carbonyl (C=O) groups excluding carboxylic acids is 1. The molecule has 80 valence electrons. The van der Waals surface area contributed by atoms with E-state index in [1.165, 1.54) is 6.21 Å². The van der Waals surface area contributed by atoms with Crippen molar-refractivity contribution in [2.75, 3.05) is 13.2 Å². The van der Waals surface area contributed by atoms with E-state index in [0.29, 0.717) is 6.61 Å². The Bertz CT molecular complexity index is 235. The van der Waals surface area contributed by atoms with Gasteiger partial charge in [0.25, 0.3) is 0 Å². The van der Waals surface area contributed by atoms with Gasteiger partial charge in [-0.15, -0.1) is 0 Å². The molecule has 0 amide bonds. The topological polar surface area (TPSA) is 50.7 Å². The molecule has 0 aliphatic carbocycles. The van der Waals surface area contributed by atoms with Crippen LogP contribution in [-0.2, 0) is 9.53 Å². The van der Waals surface area contributed by atoms with Crippen LogP contribution in [0.1, 0.15) is 0 Å². The second kappa shape index (κ2) is 4.70. The van der Waals surface area contributed by atoms with E-state index in [0.717, 1.165) is 12.7 Å². The number of ether oxygens (including phenoxy) is 1. The van der Waals surface area contributed by atoms with Gasteiger partial charge in [-0.2, -0.15) is 5.10 Å². The molecule has 1 rings (SSSR count). The number of Topliss-reactive ketones (excluding diaryl/α,β-unsaturated/α-hetero) is 1. The van der Waals surface area contributed by atoms with Gasteiger partial charge >= 0.3 is 0 Å². The number of hydrazone groups is 1. The van der Waals surface area contributed by atoms with Crippen LogP contribution in [0.15, 0.2) is 5.10 Å². The fourth-order valence-corrected chi connectivity index (χ4v) is 1.80. The molecular weight excluding hydrogens is 196 g/mol. The van der Waals surface area contributed by atoms with Crippen molar-refractivity contribution in [1.29, 1.82) is 0 Å². The van der Waals surface area contributed by atoms with Crippen LogP contribution >= 0.6 is 0 Å². The molecular formula is C9H18N2O2Si. The molecule has 14 heavy (non-hydrogen) atoms. The fraction of sp³-hybridized carbons (Fsp3) is 0.778. The first-order valence-corrected chi connectivity index (χ1v) is 8.60. The average Bonchev–Trinajstić information content (AvgIpc) is 2.44. The minimum atomic E-state index is -1.01. The zero-order valence-electron chi connectivity index (χ0n) is 9.04. The van der Waals surface area contributed by atoms with E-state index < -0.39 is 8.07 Å². The Morgan fingerprint density at radius 2 is 2.29 bits per heavy atom. The molecule has 0 spiro atoms. The van der Waals surface area contributed by atoms with Gasteiger partial charge in [-0.1, -0.05) is 19.6 Å². The Balaban J connectivity index is 2.08. The average molecular weight is 214 g/mol. The molecule has 1 atom stereocenters. The highest BCUT2D eigenvalue weighted by molar-refractivity contribution is 6.76.